The minimum Gasteiger partial charge on any atom is -0.377 e. The molecule has 1 atom stereocenters. The Morgan fingerprint density at radius 1 is 1.15 bits per heavy atom. The number of rotatable bonds is 4. The van der Waals surface area contributed by atoms with Crippen molar-refractivity contribution in [2.75, 3.05) is 5.32 Å². The van der Waals surface area contributed by atoms with Gasteiger partial charge in [-0.15, -0.1) is 10.2 Å². The Hall–Kier alpha value is -2.63. The van der Waals surface area contributed by atoms with Gasteiger partial charge in [0.25, 0.3) is 0 Å². The second-order valence-corrected chi connectivity index (χ2v) is 4.67. The average molecular weight is 268 g/mol. The summed E-state index contributed by atoms with van der Waals surface area (Å²) >= 11 is 0. The van der Waals surface area contributed by atoms with E-state index in [2.05, 4.69) is 33.6 Å². The largest absolute Gasteiger partial charge is 0.377 e. The highest BCUT2D eigenvalue weighted by Crippen LogP contribution is 2.20. The molecule has 0 spiro atoms. The molecule has 0 bridgehead atoms. The van der Waals surface area contributed by atoms with Gasteiger partial charge in [-0.3, -0.25) is 9.25 Å². The van der Waals surface area contributed by atoms with Gasteiger partial charge in [0.1, 0.15) is 12.7 Å². The zero-order valence-corrected chi connectivity index (χ0v) is 11.4. The minimum absolute atomic E-state index is 0.179. The van der Waals surface area contributed by atoms with Crippen LogP contribution < -0.4 is 5.32 Å². The van der Waals surface area contributed by atoms with Gasteiger partial charge in [0.2, 0.25) is 0 Å². The second-order valence-electron chi connectivity index (χ2n) is 4.67. The lowest BCUT2D eigenvalue weighted by Crippen LogP contribution is -2.11. The maximum Gasteiger partial charge on any atom is 0.123 e. The molecule has 1 aromatic carbocycles. The van der Waals surface area contributed by atoms with E-state index in [4.69, 9.17) is 0 Å². The predicted molar refractivity (Wildman–Crippen MR) is 76.6 cm³/mol. The number of benzene rings is 1. The standard InChI is InChI=1S/C14H16N6/c1-11(14-6-7-17-19(14)2)18-12-4-3-5-13(8-12)20-9-15-16-10-20/h3-11,18H,1-2H3. The quantitative estimate of drug-likeness (QED) is 0.787. The molecular weight excluding hydrogens is 252 g/mol. The van der Waals surface area contributed by atoms with Gasteiger partial charge in [0.05, 0.1) is 17.4 Å². The topological polar surface area (TPSA) is 60.6 Å². The Labute approximate surface area is 117 Å². The van der Waals surface area contributed by atoms with Crippen molar-refractivity contribution in [3.8, 4) is 5.69 Å². The molecule has 3 aromatic rings. The Morgan fingerprint density at radius 3 is 2.65 bits per heavy atom. The molecular formula is C14H16N6. The molecule has 0 radical (unpaired) electrons. The highest BCUT2D eigenvalue weighted by Gasteiger charge is 2.09. The first-order valence-electron chi connectivity index (χ1n) is 6.43. The maximum atomic E-state index is 4.19. The average Bonchev–Trinajstić information content (AvgIpc) is 3.09. The third-order valence-electron chi connectivity index (χ3n) is 3.25. The fraction of sp³-hybridized carbons (Fsp3) is 0.214. The lowest BCUT2D eigenvalue weighted by atomic mass is 10.2. The first-order chi connectivity index (χ1) is 9.74. The Balaban J connectivity index is 1.81. The van der Waals surface area contributed by atoms with Gasteiger partial charge in [-0.25, -0.2) is 0 Å². The van der Waals surface area contributed by atoms with Crippen LogP contribution in [0.5, 0.6) is 0 Å². The van der Waals surface area contributed by atoms with Crippen LogP contribution in [0, 0.1) is 0 Å². The molecule has 2 heterocycles. The molecule has 0 saturated carbocycles. The highest BCUT2D eigenvalue weighted by atomic mass is 15.3. The summed E-state index contributed by atoms with van der Waals surface area (Å²) in [4.78, 5) is 0. The molecule has 6 nitrogen and oxygen atoms in total. The minimum atomic E-state index is 0.179. The predicted octanol–water partition coefficient (Wildman–Crippen LogP) is 2.17. The Bertz CT molecular complexity index is 685. The Morgan fingerprint density at radius 2 is 1.95 bits per heavy atom. The smallest absolute Gasteiger partial charge is 0.123 e. The van der Waals surface area contributed by atoms with Crippen LogP contribution in [-0.4, -0.2) is 24.5 Å². The molecule has 0 saturated heterocycles. The molecule has 20 heavy (non-hydrogen) atoms. The molecule has 0 aliphatic carbocycles. The molecule has 1 N–H and O–H groups in total. The fourth-order valence-corrected chi connectivity index (χ4v) is 2.22. The monoisotopic (exact) mass is 268 g/mol. The second kappa shape index (κ2) is 5.16. The van der Waals surface area contributed by atoms with Crippen LogP contribution in [-0.2, 0) is 7.05 Å². The first kappa shape index (κ1) is 12.4. The van der Waals surface area contributed by atoms with Crippen LogP contribution in [0.2, 0.25) is 0 Å². The number of nitrogens with one attached hydrogen (secondary N) is 1. The number of hydrogen-bond donors (Lipinski definition) is 1. The van der Waals surface area contributed by atoms with Crippen molar-refractivity contribution >= 4 is 5.69 Å². The third-order valence-corrected chi connectivity index (χ3v) is 3.25. The number of nitrogens with zero attached hydrogens (tertiary/aromatic N) is 5. The zero-order chi connectivity index (χ0) is 13.9. The summed E-state index contributed by atoms with van der Waals surface area (Å²) in [5, 5.41) is 15.3. The number of aryl methyl sites for hydroxylation is 1. The van der Waals surface area contributed by atoms with Crippen molar-refractivity contribution < 1.29 is 0 Å². The summed E-state index contributed by atoms with van der Waals surface area (Å²) in [5.41, 5.74) is 3.21. The van der Waals surface area contributed by atoms with Crippen molar-refractivity contribution in [2.24, 2.45) is 7.05 Å². The normalized spacial score (nSPS) is 12.3. The van der Waals surface area contributed by atoms with Crippen molar-refractivity contribution in [1.82, 2.24) is 24.5 Å². The van der Waals surface area contributed by atoms with Gasteiger partial charge < -0.3 is 5.32 Å². The van der Waals surface area contributed by atoms with Gasteiger partial charge in [-0.05, 0) is 31.2 Å². The summed E-state index contributed by atoms with van der Waals surface area (Å²) in [5.74, 6) is 0. The zero-order valence-electron chi connectivity index (χ0n) is 11.4. The SMILES string of the molecule is CC(Nc1cccc(-n2cnnc2)c1)c1ccnn1C. The summed E-state index contributed by atoms with van der Waals surface area (Å²) in [6, 6.07) is 10.3. The van der Waals surface area contributed by atoms with E-state index in [1.54, 1.807) is 18.9 Å². The van der Waals surface area contributed by atoms with E-state index >= 15 is 0 Å². The van der Waals surface area contributed by atoms with E-state index in [0.29, 0.717) is 0 Å². The molecule has 102 valence electrons. The summed E-state index contributed by atoms with van der Waals surface area (Å²) in [6.07, 6.45) is 5.18. The van der Waals surface area contributed by atoms with Crippen molar-refractivity contribution in [3.05, 3.63) is 54.9 Å². The molecule has 0 aliphatic heterocycles. The van der Waals surface area contributed by atoms with E-state index in [1.165, 1.54) is 0 Å². The fourth-order valence-electron chi connectivity index (χ4n) is 2.22. The van der Waals surface area contributed by atoms with Gasteiger partial charge in [0.15, 0.2) is 0 Å². The van der Waals surface area contributed by atoms with Gasteiger partial charge >= 0.3 is 0 Å². The molecule has 6 heteroatoms. The third kappa shape index (κ3) is 2.40. The molecule has 0 aliphatic rings. The lowest BCUT2D eigenvalue weighted by molar-refractivity contribution is 0.676. The van der Waals surface area contributed by atoms with Crippen LogP contribution in [0.4, 0.5) is 5.69 Å². The highest BCUT2D eigenvalue weighted by molar-refractivity contribution is 5.52. The molecule has 1 unspecified atom stereocenters. The molecule has 0 amide bonds. The first-order valence-corrected chi connectivity index (χ1v) is 6.43. The van der Waals surface area contributed by atoms with Crippen LogP contribution in [0.3, 0.4) is 0 Å². The van der Waals surface area contributed by atoms with Crippen LogP contribution in [0.25, 0.3) is 5.69 Å². The lowest BCUT2D eigenvalue weighted by Gasteiger charge is -2.16. The number of aromatic nitrogens is 5. The van der Waals surface area contributed by atoms with Gasteiger partial charge in [-0.2, -0.15) is 5.10 Å². The van der Waals surface area contributed by atoms with Crippen molar-refractivity contribution in [1.29, 1.82) is 0 Å². The summed E-state index contributed by atoms with van der Waals surface area (Å²) < 4.78 is 3.75. The number of hydrogen-bond acceptors (Lipinski definition) is 4. The van der Waals surface area contributed by atoms with E-state index in [9.17, 15) is 0 Å². The molecule has 3 rings (SSSR count). The van der Waals surface area contributed by atoms with Crippen LogP contribution in [0.1, 0.15) is 18.7 Å². The van der Waals surface area contributed by atoms with E-state index < -0.39 is 0 Å². The van der Waals surface area contributed by atoms with Crippen molar-refractivity contribution in [2.45, 2.75) is 13.0 Å². The maximum absolute atomic E-state index is 4.19. The van der Waals surface area contributed by atoms with Gasteiger partial charge in [0, 0.05) is 18.9 Å². The van der Waals surface area contributed by atoms with E-state index in [0.717, 1.165) is 17.1 Å². The van der Waals surface area contributed by atoms with E-state index in [-0.39, 0.29) is 6.04 Å². The summed E-state index contributed by atoms with van der Waals surface area (Å²) in [6.45, 7) is 2.11. The number of anilines is 1. The van der Waals surface area contributed by atoms with Crippen LogP contribution >= 0.6 is 0 Å². The van der Waals surface area contributed by atoms with Crippen LogP contribution in [0.15, 0.2) is 49.2 Å². The Kier molecular flexibility index (Phi) is 3.20. The molecule has 2 aromatic heterocycles. The van der Waals surface area contributed by atoms with Crippen molar-refractivity contribution in [3.63, 3.8) is 0 Å². The summed E-state index contributed by atoms with van der Waals surface area (Å²) in [7, 11) is 1.95. The molecule has 0 fully saturated rings. The van der Waals surface area contributed by atoms with Gasteiger partial charge in [-0.1, -0.05) is 6.07 Å². The van der Waals surface area contributed by atoms with E-state index in [1.807, 2.05) is 40.6 Å².